The van der Waals surface area contributed by atoms with E-state index in [1.54, 1.807) is 43.3 Å². The van der Waals surface area contributed by atoms with Gasteiger partial charge >= 0.3 is 6.18 Å². The number of nitrogens with zero attached hydrogens (tertiary/aromatic N) is 5. The molecule has 39 heavy (non-hydrogen) atoms. The molecule has 0 bridgehead atoms. The fraction of sp³-hybridized carbons (Fsp3) is 0.556. The second-order valence-electron chi connectivity index (χ2n) is 10.5. The van der Waals surface area contributed by atoms with Gasteiger partial charge in [0.2, 0.25) is 11.9 Å². The first-order valence-corrected chi connectivity index (χ1v) is 13.3. The number of aromatic nitrogens is 2. The Morgan fingerprint density at radius 2 is 1.67 bits per heavy atom. The molecule has 1 saturated heterocycles. The van der Waals surface area contributed by atoms with Crippen molar-refractivity contribution in [2.24, 2.45) is 5.92 Å². The number of hydrogen-bond donors (Lipinski definition) is 2. The van der Waals surface area contributed by atoms with E-state index < -0.39 is 23.7 Å². The molecule has 1 aliphatic heterocycles. The lowest BCUT2D eigenvalue weighted by molar-refractivity contribution is -0.137. The maximum atomic E-state index is 13.9. The van der Waals surface area contributed by atoms with Crippen molar-refractivity contribution in [2.45, 2.75) is 44.3 Å². The van der Waals surface area contributed by atoms with Crippen molar-refractivity contribution >= 4 is 29.3 Å². The smallest absolute Gasteiger partial charge is 0.366 e. The molecule has 2 heterocycles. The molecule has 4 rings (SSSR count). The number of nitrogens with one attached hydrogen (secondary N) is 2. The van der Waals surface area contributed by atoms with Gasteiger partial charge in [-0.1, -0.05) is 19.3 Å². The van der Waals surface area contributed by atoms with Gasteiger partial charge in [0, 0.05) is 63.8 Å². The molecular formula is C27H36F3N7O2. The minimum Gasteiger partial charge on any atom is -0.366 e. The zero-order chi connectivity index (χ0) is 28.2. The van der Waals surface area contributed by atoms with Gasteiger partial charge in [0.25, 0.3) is 5.91 Å². The van der Waals surface area contributed by atoms with Crippen molar-refractivity contribution in [3.05, 3.63) is 41.6 Å². The lowest BCUT2D eigenvalue weighted by atomic mass is 9.93. The average Bonchev–Trinajstić information content (AvgIpc) is 3.13. The maximum Gasteiger partial charge on any atom is 0.421 e. The summed E-state index contributed by atoms with van der Waals surface area (Å²) in [5.41, 5.74) is 0.0815. The molecule has 2 amide bonds. The third-order valence-corrected chi connectivity index (χ3v) is 7.37. The van der Waals surface area contributed by atoms with Crippen LogP contribution >= 0.6 is 0 Å². The Bertz CT molecular complexity index is 1150. The fourth-order valence-corrected chi connectivity index (χ4v) is 5.06. The highest BCUT2D eigenvalue weighted by atomic mass is 19.4. The van der Waals surface area contributed by atoms with E-state index in [4.69, 9.17) is 0 Å². The van der Waals surface area contributed by atoms with Crippen molar-refractivity contribution < 1.29 is 22.8 Å². The molecular weight excluding hydrogens is 511 g/mol. The number of amides is 2. The van der Waals surface area contributed by atoms with E-state index >= 15 is 0 Å². The minimum absolute atomic E-state index is 0.0206. The molecule has 1 aromatic heterocycles. The van der Waals surface area contributed by atoms with Crippen LogP contribution in [0.25, 0.3) is 0 Å². The summed E-state index contributed by atoms with van der Waals surface area (Å²) in [6.45, 7) is 2.95. The van der Waals surface area contributed by atoms with Crippen LogP contribution in [-0.4, -0.2) is 89.8 Å². The van der Waals surface area contributed by atoms with Crippen LogP contribution in [0.1, 0.15) is 48.0 Å². The number of hydrogen-bond acceptors (Lipinski definition) is 7. The van der Waals surface area contributed by atoms with Crippen molar-refractivity contribution in [3.63, 3.8) is 0 Å². The number of anilines is 3. The lowest BCUT2D eigenvalue weighted by Gasteiger charge is -2.32. The Morgan fingerprint density at radius 1 is 1.00 bits per heavy atom. The first-order chi connectivity index (χ1) is 18.5. The van der Waals surface area contributed by atoms with Crippen molar-refractivity contribution in [1.82, 2.24) is 24.7 Å². The van der Waals surface area contributed by atoms with Crippen LogP contribution in [0.15, 0.2) is 30.5 Å². The molecule has 0 spiro atoms. The van der Waals surface area contributed by atoms with Gasteiger partial charge in [-0.2, -0.15) is 18.2 Å². The highest BCUT2D eigenvalue weighted by Gasteiger charge is 2.38. The predicted molar refractivity (Wildman–Crippen MR) is 143 cm³/mol. The molecule has 2 N–H and O–H groups in total. The summed E-state index contributed by atoms with van der Waals surface area (Å²) in [6.07, 6.45) is -0.168. The number of piperazine rings is 1. The molecule has 2 fully saturated rings. The van der Waals surface area contributed by atoms with Crippen LogP contribution in [-0.2, 0) is 11.0 Å². The Kier molecular flexibility index (Phi) is 8.94. The molecule has 0 radical (unpaired) electrons. The monoisotopic (exact) mass is 547 g/mol. The topological polar surface area (TPSA) is 93.7 Å². The summed E-state index contributed by atoms with van der Waals surface area (Å²) >= 11 is 0. The SMILES string of the molecule is CN1CCN(C(=O)c2ccc(Nc3ncc(C(F)(F)F)c(N[C@@H]4CCCCC[C@@H]4C(=O)N(C)C)n3)cc2)CC1. The van der Waals surface area contributed by atoms with Gasteiger partial charge in [0.1, 0.15) is 11.4 Å². The molecule has 1 saturated carbocycles. The highest BCUT2D eigenvalue weighted by molar-refractivity contribution is 5.94. The highest BCUT2D eigenvalue weighted by Crippen LogP contribution is 2.36. The first-order valence-electron chi connectivity index (χ1n) is 13.3. The predicted octanol–water partition coefficient (Wildman–Crippen LogP) is 4.08. The Morgan fingerprint density at radius 3 is 2.31 bits per heavy atom. The first kappa shape index (κ1) is 28.6. The lowest BCUT2D eigenvalue weighted by Crippen LogP contribution is -2.47. The zero-order valence-corrected chi connectivity index (χ0v) is 22.6. The molecule has 12 heteroatoms. The van der Waals surface area contributed by atoms with Crippen molar-refractivity contribution in [3.8, 4) is 0 Å². The fourth-order valence-electron chi connectivity index (χ4n) is 5.06. The van der Waals surface area contributed by atoms with Gasteiger partial charge in [0.05, 0.1) is 5.92 Å². The number of carbonyl (C=O) groups is 2. The third-order valence-electron chi connectivity index (χ3n) is 7.37. The second-order valence-corrected chi connectivity index (χ2v) is 10.5. The summed E-state index contributed by atoms with van der Waals surface area (Å²) in [7, 11) is 5.33. The molecule has 1 aromatic carbocycles. The molecule has 212 valence electrons. The van der Waals surface area contributed by atoms with Crippen LogP contribution in [0.4, 0.5) is 30.6 Å². The molecule has 9 nitrogen and oxygen atoms in total. The van der Waals surface area contributed by atoms with Crippen molar-refractivity contribution in [2.75, 3.05) is 58.0 Å². The summed E-state index contributed by atoms with van der Waals surface area (Å²) < 4.78 is 41.6. The molecule has 2 atom stereocenters. The summed E-state index contributed by atoms with van der Waals surface area (Å²) in [4.78, 5) is 39.2. The van der Waals surface area contributed by atoms with Gasteiger partial charge in [-0.05, 0) is 44.2 Å². The number of rotatable bonds is 6. The Balaban J connectivity index is 1.53. The third kappa shape index (κ3) is 7.17. The van der Waals surface area contributed by atoms with Crippen LogP contribution in [0.5, 0.6) is 0 Å². The maximum absolute atomic E-state index is 13.9. The van der Waals surface area contributed by atoms with Crippen LogP contribution in [0.3, 0.4) is 0 Å². The molecule has 0 unspecified atom stereocenters. The van der Waals surface area contributed by atoms with E-state index in [0.717, 1.165) is 38.5 Å². The number of alkyl halides is 3. The quantitative estimate of drug-likeness (QED) is 0.527. The zero-order valence-electron chi connectivity index (χ0n) is 22.6. The largest absolute Gasteiger partial charge is 0.421 e. The number of halogens is 3. The molecule has 1 aliphatic carbocycles. The summed E-state index contributed by atoms with van der Waals surface area (Å²) in [6, 6.07) is 6.22. The van der Waals surface area contributed by atoms with E-state index in [1.165, 1.54) is 4.90 Å². The van der Waals surface area contributed by atoms with Gasteiger partial charge in [-0.3, -0.25) is 9.59 Å². The van der Waals surface area contributed by atoms with E-state index in [9.17, 15) is 22.8 Å². The molecule has 2 aliphatic rings. The van der Waals surface area contributed by atoms with Gasteiger partial charge in [0.15, 0.2) is 0 Å². The minimum atomic E-state index is -4.67. The van der Waals surface area contributed by atoms with Crippen LogP contribution in [0.2, 0.25) is 0 Å². The van der Waals surface area contributed by atoms with Gasteiger partial charge in [-0.25, -0.2) is 4.98 Å². The van der Waals surface area contributed by atoms with E-state index in [2.05, 4.69) is 25.5 Å². The molecule has 2 aromatic rings. The number of benzene rings is 1. The van der Waals surface area contributed by atoms with Crippen molar-refractivity contribution in [1.29, 1.82) is 0 Å². The Labute approximate surface area is 226 Å². The van der Waals surface area contributed by atoms with Crippen LogP contribution in [0, 0.1) is 5.92 Å². The number of likely N-dealkylation sites (N-methyl/N-ethyl adjacent to an activating group) is 1. The van der Waals surface area contributed by atoms with Gasteiger partial charge in [-0.15, -0.1) is 0 Å². The Hall–Kier alpha value is -3.41. The second kappa shape index (κ2) is 12.2. The van der Waals surface area contributed by atoms with Crippen LogP contribution < -0.4 is 10.6 Å². The summed E-state index contributed by atoms with van der Waals surface area (Å²) in [5, 5.41) is 5.90. The normalized spacial score (nSPS) is 20.7. The van der Waals surface area contributed by atoms with E-state index in [0.29, 0.717) is 37.2 Å². The van der Waals surface area contributed by atoms with E-state index in [-0.39, 0.29) is 23.6 Å². The van der Waals surface area contributed by atoms with E-state index in [1.807, 2.05) is 7.05 Å². The summed E-state index contributed by atoms with van der Waals surface area (Å²) in [5.74, 6) is -0.989. The van der Waals surface area contributed by atoms with Gasteiger partial charge < -0.3 is 25.3 Å². The number of carbonyl (C=O) groups excluding carboxylic acids is 2. The standard InChI is InChI=1S/C27H36F3N7O2/c1-35(2)25(39)20-7-5-4-6-8-22(20)33-23-21(27(28,29)30)17-31-26(34-23)32-19-11-9-18(10-12-19)24(38)37-15-13-36(3)14-16-37/h9-12,17,20,22H,4-8,13-16H2,1-3H3,(H2,31,32,33,34)/t20-,22+/m0/s1. The average molecular weight is 548 g/mol.